The SMILES string of the molecule is [CH]Nc1ccc2cn[nH]c2c1. The van der Waals surface area contributed by atoms with Gasteiger partial charge in [0.05, 0.1) is 18.8 Å². The van der Waals surface area contributed by atoms with Crippen LogP contribution in [0.4, 0.5) is 5.69 Å². The maximum absolute atomic E-state index is 5.23. The second-order valence-corrected chi connectivity index (χ2v) is 2.32. The van der Waals surface area contributed by atoms with Crippen molar-refractivity contribution in [2.45, 2.75) is 0 Å². The Morgan fingerprint density at radius 3 is 3.18 bits per heavy atom. The monoisotopic (exact) mass is 145 g/mol. The minimum atomic E-state index is 0.877. The first-order chi connectivity index (χ1) is 5.40. The lowest BCUT2D eigenvalue weighted by atomic mass is 10.2. The Labute approximate surface area is 64.4 Å². The van der Waals surface area contributed by atoms with Crippen molar-refractivity contribution in [2.24, 2.45) is 0 Å². The Balaban J connectivity index is 2.67. The van der Waals surface area contributed by atoms with Crippen LogP contribution in [0.1, 0.15) is 0 Å². The number of rotatable bonds is 1. The van der Waals surface area contributed by atoms with Crippen molar-refractivity contribution in [3.63, 3.8) is 0 Å². The van der Waals surface area contributed by atoms with Gasteiger partial charge in [0.2, 0.25) is 0 Å². The molecular weight excluding hydrogens is 138 g/mol. The highest BCUT2D eigenvalue weighted by Gasteiger charge is 1.94. The van der Waals surface area contributed by atoms with E-state index in [4.69, 9.17) is 7.05 Å². The minimum Gasteiger partial charge on any atom is -0.378 e. The molecule has 54 valence electrons. The van der Waals surface area contributed by atoms with Crippen molar-refractivity contribution in [3.05, 3.63) is 31.4 Å². The van der Waals surface area contributed by atoms with Gasteiger partial charge in [0.25, 0.3) is 0 Å². The van der Waals surface area contributed by atoms with E-state index < -0.39 is 0 Å². The lowest BCUT2D eigenvalue weighted by molar-refractivity contribution is 1.12. The standard InChI is InChI=1S/C8H7N3/c1-9-7-3-2-6-5-10-11-8(6)4-7/h1-5,9H,(H,10,11). The van der Waals surface area contributed by atoms with Gasteiger partial charge >= 0.3 is 0 Å². The number of hydrogen-bond donors (Lipinski definition) is 2. The molecule has 2 radical (unpaired) electrons. The molecule has 1 aromatic heterocycles. The van der Waals surface area contributed by atoms with Gasteiger partial charge < -0.3 is 5.32 Å². The molecule has 3 nitrogen and oxygen atoms in total. The molecule has 0 atom stereocenters. The molecule has 0 unspecified atom stereocenters. The molecule has 0 bridgehead atoms. The van der Waals surface area contributed by atoms with Crippen LogP contribution < -0.4 is 5.32 Å². The van der Waals surface area contributed by atoms with Crippen LogP contribution in [-0.2, 0) is 0 Å². The van der Waals surface area contributed by atoms with Gasteiger partial charge in [-0.2, -0.15) is 5.10 Å². The van der Waals surface area contributed by atoms with Crippen molar-refractivity contribution in [1.82, 2.24) is 10.2 Å². The van der Waals surface area contributed by atoms with Crippen molar-refractivity contribution in [2.75, 3.05) is 5.32 Å². The summed E-state index contributed by atoms with van der Waals surface area (Å²) in [5.74, 6) is 0. The zero-order chi connectivity index (χ0) is 7.68. The zero-order valence-electron chi connectivity index (χ0n) is 5.83. The van der Waals surface area contributed by atoms with E-state index >= 15 is 0 Å². The summed E-state index contributed by atoms with van der Waals surface area (Å²) >= 11 is 0. The number of fused-ring (bicyclic) bond motifs is 1. The van der Waals surface area contributed by atoms with Crippen LogP contribution in [0.2, 0.25) is 0 Å². The fourth-order valence-electron chi connectivity index (χ4n) is 1.03. The fourth-order valence-corrected chi connectivity index (χ4v) is 1.03. The summed E-state index contributed by atoms with van der Waals surface area (Å²) in [4.78, 5) is 0. The second kappa shape index (κ2) is 2.27. The highest BCUT2D eigenvalue weighted by molar-refractivity contribution is 5.81. The first-order valence-electron chi connectivity index (χ1n) is 3.30. The second-order valence-electron chi connectivity index (χ2n) is 2.32. The van der Waals surface area contributed by atoms with Gasteiger partial charge in [0.1, 0.15) is 0 Å². The fraction of sp³-hybridized carbons (Fsp3) is 0. The molecule has 11 heavy (non-hydrogen) atoms. The normalized spacial score (nSPS) is 10.3. The number of H-pyrrole nitrogens is 1. The molecule has 2 rings (SSSR count). The van der Waals surface area contributed by atoms with Gasteiger partial charge in [-0.25, -0.2) is 0 Å². The smallest absolute Gasteiger partial charge is 0.0705 e. The summed E-state index contributed by atoms with van der Waals surface area (Å²) in [6.45, 7) is 0. The molecule has 2 aromatic rings. The van der Waals surface area contributed by atoms with E-state index in [1.54, 1.807) is 6.20 Å². The third-order valence-corrected chi connectivity index (χ3v) is 1.61. The summed E-state index contributed by atoms with van der Waals surface area (Å²) in [5, 5.41) is 10.4. The highest BCUT2D eigenvalue weighted by Crippen LogP contribution is 2.15. The Kier molecular flexibility index (Phi) is 1.28. The van der Waals surface area contributed by atoms with Gasteiger partial charge in [-0.1, -0.05) is 0 Å². The summed E-state index contributed by atoms with van der Waals surface area (Å²) in [6, 6.07) is 5.76. The Morgan fingerprint density at radius 2 is 2.36 bits per heavy atom. The summed E-state index contributed by atoms with van der Waals surface area (Å²) < 4.78 is 0. The number of benzene rings is 1. The highest BCUT2D eigenvalue weighted by atomic mass is 15.1. The average Bonchev–Trinajstić information content (AvgIpc) is 2.50. The average molecular weight is 145 g/mol. The van der Waals surface area contributed by atoms with E-state index in [0.29, 0.717) is 0 Å². The largest absolute Gasteiger partial charge is 0.378 e. The molecule has 0 aliphatic heterocycles. The summed E-state index contributed by atoms with van der Waals surface area (Å²) in [6.07, 6.45) is 1.77. The van der Waals surface area contributed by atoms with Crippen LogP contribution in [0.25, 0.3) is 10.9 Å². The van der Waals surface area contributed by atoms with Crippen LogP contribution in [0, 0.1) is 7.05 Å². The summed E-state index contributed by atoms with van der Waals surface area (Å²) in [7, 11) is 5.23. The molecule has 1 heterocycles. The van der Waals surface area contributed by atoms with E-state index in [-0.39, 0.29) is 0 Å². The lowest BCUT2D eigenvalue weighted by Crippen LogP contribution is -1.82. The van der Waals surface area contributed by atoms with Gasteiger partial charge in [-0.3, -0.25) is 5.10 Å². The first-order valence-corrected chi connectivity index (χ1v) is 3.30. The molecular formula is C8H7N3. The number of anilines is 1. The van der Waals surface area contributed by atoms with Gasteiger partial charge in [-0.15, -0.1) is 0 Å². The number of aromatic amines is 1. The maximum Gasteiger partial charge on any atom is 0.0705 e. The number of hydrogen-bond acceptors (Lipinski definition) is 2. The van der Waals surface area contributed by atoms with Gasteiger partial charge in [0, 0.05) is 11.1 Å². The van der Waals surface area contributed by atoms with Crippen molar-refractivity contribution >= 4 is 16.6 Å². The van der Waals surface area contributed by atoms with Crippen molar-refractivity contribution in [1.29, 1.82) is 0 Å². The molecule has 1 aromatic carbocycles. The van der Waals surface area contributed by atoms with Crippen molar-refractivity contribution < 1.29 is 0 Å². The quantitative estimate of drug-likeness (QED) is 0.599. The van der Waals surface area contributed by atoms with Crippen molar-refractivity contribution in [3.8, 4) is 0 Å². The molecule has 0 aliphatic rings. The van der Waals surface area contributed by atoms with E-state index in [1.165, 1.54) is 0 Å². The van der Waals surface area contributed by atoms with Crippen LogP contribution in [-0.4, -0.2) is 10.2 Å². The molecule has 2 N–H and O–H groups in total. The first kappa shape index (κ1) is 6.22. The molecule has 0 fully saturated rings. The number of aromatic nitrogens is 2. The van der Waals surface area contributed by atoms with Crippen LogP contribution in [0.3, 0.4) is 0 Å². The van der Waals surface area contributed by atoms with Crippen LogP contribution >= 0.6 is 0 Å². The third-order valence-electron chi connectivity index (χ3n) is 1.61. The molecule has 0 aliphatic carbocycles. The molecule has 0 saturated heterocycles. The predicted molar refractivity (Wildman–Crippen MR) is 44.0 cm³/mol. The van der Waals surface area contributed by atoms with Gasteiger partial charge in [-0.05, 0) is 18.2 Å². The topological polar surface area (TPSA) is 40.7 Å². The number of nitrogens with zero attached hydrogens (tertiary/aromatic N) is 1. The Morgan fingerprint density at radius 1 is 1.45 bits per heavy atom. The van der Waals surface area contributed by atoms with Crippen LogP contribution in [0.15, 0.2) is 24.4 Å². The lowest BCUT2D eigenvalue weighted by Gasteiger charge is -1.96. The zero-order valence-corrected chi connectivity index (χ0v) is 5.83. The number of nitrogens with one attached hydrogen (secondary N) is 2. The third kappa shape index (κ3) is 0.941. The Hall–Kier alpha value is -1.51. The Bertz CT molecular complexity index is 364. The molecule has 0 spiro atoms. The molecule has 3 heteroatoms. The van der Waals surface area contributed by atoms with E-state index in [2.05, 4.69) is 15.5 Å². The molecule has 0 amide bonds. The minimum absolute atomic E-state index is 0.877. The van der Waals surface area contributed by atoms with Crippen LogP contribution in [0.5, 0.6) is 0 Å². The van der Waals surface area contributed by atoms with E-state index in [1.807, 2.05) is 18.2 Å². The van der Waals surface area contributed by atoms with E-state index in [9.17, 15) is 0 Å². The summed E-state index contributed by atoms with van der Waals surface area (Å²) in [5.41, 5.74) is 1.86. The predicted octanol–water partition coefficient (Wildman–Crippen LogP) is 1.64. The van der Waals surface area contributed by atoms with Gasteiger partial charge in [0.15, 0.2) is 0 Å². The van der Waals surface area contributed by atoms with E-state index in [0.717, 1.165) is 16.6 Å². The maximum atomic E-state index is 5.23. The molecule has 0 saturated carbocycles.